The highest BCUT2D eigenvalue weighted by Gasteiger charge is 2.30. The third-order valence-corrected chi connectivity index (χ3v) is 2.40. The maximum absolute atomic E-state index is 12.5. The third kappa shape index (κ3) is 3.71. The van der Waals surface area contributed by atoms with Gasteiger partial charge in [-0.25, -0.2) is 0 Å². The fourth-order valence-corrected chi connectivity index (χ4v) is 1.66. The van der Waals surface area contributed by atoms with E-state index >= 15 is 0 Å². The number of alkyl halides is 3. The largest absolute Gasteiger partial charge is 0.424 e. The molecule has 100 valence electrons. The molecule has 0 fully saturated rings. The van der Waals surface area contributed by atoms with Crippen molar-refractivity contribution in [3.63, 3.8) is 0 Å². The molecule has 1 aromatic heterocycles. The Morgan fingerprint density at radius 3 is 2.21 bits per heavy atom. The van der Waals surface area contributed by atoms with Crippen LogP contribution in [0.1, 0.15) is 5.56 Å². The lowest BCUT2D eigenvalue weighted by atomic mass is 10.2. The summed E-state index contributed by atoms with van der Waals surface area (Å²) in [7, 11) is 0. The Hall–Kier alpha value is -1.53. The Bertz CT molecular complexity index is 584. The van der Waals surface area contributed by atoms with Crippen molar-refractivity contribution in [3.05, 3.63) is 46.2 Å². The summed E-state index contributed by atoms with van der Waals surface area (Å²) in [5.41, 5.74) is -0.835. The first kappa shape index (κ1) is 13.9. The van der Waals surface area contributed by atoms with Gasteiger partial charge in [0, 0.05) is 6.07 Å². The first-order chi connectivity index (χ1) is 8.84. The molecule has 0 saturated carbocycles. The maximum atomic E-state index is 12.5. The van der Waals surface area contributed by atoms with Gasteiger partial charge in [-0.2, -0.15) is 23.1 Å². The Morgan fingerprint density at radius 2 is 1.63 bits per heavy atom. The molecular weight excluding hydrogens is 304 g/mol. The van der Waals surface area contributed by atoms with E-state index in [1.807, 2.05) is 0 Å². The highest BCUT2D eigenvalue weighted by Crippen LogP contribution is 2.32. The van der Waals surface area contributed by atoms with Gasteiger partial charge < -0.3 is 4.74 Å². The number of hydrogen-bond acceptors (Lipinski definition) is 3. The van der Waals surface area contributed by atoms with Crippen LogP contribution in [0.4, 0.5) is 13.2 Å². The summed E-state index contributed by atoms with van der Waals surface area (Å²) < 4.78 is 42.6. The van der Waals surface area contributed by atoms with E-state index in [2.05, 4.69) is 9.97 Å². The standard InChI is InChI=1S/C11H5Cl2F3N2O/c12-8-5-9(13)18-10(17-8)19-7-3-1-2-6(4-7)11(14,15)16/h1-5H. The second-order valence-corrected chi connectivity index (χ2v) is 4.20. The SMILES string of the molecule is FC(F)(F)c1cccc(Oc2nc(Cl)cc(Cl)n2)c1. The van der Waals surface area contributed by atoms with Crippen LogP contribution in [0.2, 0.25) is 10.3 Å². The van der Waals surface area contributed by atoms with E-state index < -0.39 is 11.7 Å². The molecular formula is C11H5Cl2F3N2O. The van der Waals surface area contributed by atoms with Crippen LogP contribution in [0.3, 0.4) is 0 Å². The summed E-state index contributed by atoms with van der Waals surface area (Å²) in [5.74, 6) is -0.0619. The van der Waals surface area contributed by atoms with E-state index in [0.717, 1.165) is 12.1 Å². The molecule has 19 heavy (non-hydrogen) atoms. The molecule has 0 unspecified atom stereocenters. The van der Waals surface area contributed by atoms with Crippen LogP contribution in [-0.4, -0.2) is 9.97 Å². The lowest BCUT2D eigenvalue weighted by Crippen LogP contribution is -2.04. The molecule has 2 aromatic rings. The van der Waals surface area contributed by atoms with Gasteiger partial charge >= 0.3 is 12.2 Å². The molecule has 2 rings (SSSR count). The van der Waals surface area contributed by atoms with E-state index in [9.17, 15) is 13.2 Å². The number of aromatic nitrogens is 2. The van der Waals surface area contributed by atoms with Crippen molar-refractivity contribution in [1.82, 2.24) is 9.97 Å². The number of hydrogen-bond donors (Lipinski definition) is 0. The molecule has 0 spiro atoms. The Labute approximate surface area is 116 Å². The van der Waals surface area contributed by atoms with E-state index in [1.165, 1.54) is 18.2 Å². The zero-order chi connectivity index (χ0) is 14.0. The van der Waals surface area contributed by atoms with Crippen LogP contribution in [0.25, 0.3) is 0 Å². The molecule has 0 saturated heterocycles. The van der Waals surface area contributed by atoms with Gasteiger partial charge in [0.25, 0.3) is 0 Å². The average Bonchev–Trinajstić information content (AvgIpc) is 2.26. The second-order valence-electron chi connectivity index (χ2n) is 3.42. The zero-order valence-corrected chi connectivity index (χ0v) is 10.6. The summed E-state index contributed by atoms with van der Waals surface area (Å²) in [4.78, 5) is 7.38. The number of nitrogens with zero attached hydrogens (tertiary/aromatic N) is 2. The maximum Gasteiger partial charge on any atom is 0.416 e. The summed E-state index contributed by atoms with van der Waals surface area (Å²) in [6, 6.07) is 5.37. The predicted octanol–water partition coefficient (Wildman–Crippen LogP) is 4.59. The van der Waals surface area contributed by atoms with Crippen LogP contribution >= 0.6 is 23.2 Å². The first-order valence-electron chi connectivity index (χ1n) is 4.90. The quantitative estimate of drug-likeness (QED) is 0.761. The van der Waals surface area contributed by atoms with E-state index in [0.29, 0.717) is 0 Å². The summed E-state index contributed by atoms with van der Waals surface area (Å²) in [6.07, 6.45) is -4.45. The van der Waals surface area contributed by atoms with Crippen molar-refractivity contribution in [2.24, 2.45) is 0 Å². The van der Waals surface area contributed by atoms with Crippen LogP contribution in [-0.2, 0) is 6.18 Å². The summed E-state index contributed by atoms with van der Waals surface area (Å²) in [6.45, 7) is 0. The van der Waals surface area contributed by atoms with Crippen molar-refractivity contribution in [1.29, 1.82) is 0 Å². The van der Waals surface area contributed by atoms with Gasteiger partial charge in [0.1, 0.15) is 16.1 Å². The van der Waals surface area contributed by atoms with Crippen LogP contribution < -0.4 is 4.74 Å². The van der Waals surface area contributed by atoms with Crippen molar-refractivity contribution in [2.45, 2.75) is 6.18 Å². The van der Waals surface area contributed by atoms with Gasteiger partial charge in [-0.1, -0.05) is 29.3 Å². The van der Waals surface area contributed by atoms with Gasteiger partial charge in [-0.05, 0) is 18.2 Å². The molecule has 0 atom stereocenters. The molecule has 0 N–H and O–H groups in total. The van der Waals surface area contributed by atoms with Crippen LogP contribution in [0.5, 0.6) is 11.8 Å². The molecule has 0 aliphatic heterocycles. The number of rotatable bonds is 2. The van der Waals surface area contributed by atoms with Crippen molar-refractivity contribution < 1.29 is 17.9 Å². The fourth-order valence-electron chi connectivity index (χ4n) is 1.26. The van der Waals surface area contributed by atoms with Gasteiger partial charge in [-0.15, -0.1) is 0 Å². The van der Waals surface area contributed by atoms with Crippen molar-refractivity contribution >= 4 is 23.2 Å². The molecule has 3 nitrogen and oxygen atoms in total. The minimum absolute atomic E-state index is 0.0296. The predicted molar refractivity (Wildman–Crippen MR) is 63.6 cm³/mol. The number of ether oxygens (including phenoxy) is 1. The Kier molecular flexibility index (Phi) is 3.82. The Balaban J connectivity index is 2.28. The molecule has 1 aromatic carbocycles. The minimum atomic E-state index is -4.45. The van der Waals surface area contributed by atoms with Gasteiger partial charge in [-0.3, -0.25) is 0 Å². The second kappa shape index (κ2) is 5.22. The molecule has 0 aliphatic carbocycles. The van der Waals surface area contributed by atoms with Crippen LogP contribution in [0.15, 0.2) is 30.3 Å². The Morgan fingerprint density at radius 1 is 1.00 bits per heavy atom. The highest BCUT2D eigenvalue weighted by atomic mass is 35.5. The van der Waals surface area contributed by atoms with Gasteiger partial charge in [0.15, 0.2) is 0 Å². The van der Waals surface area contributed by atoms with Gasteiger partial charge in [0.05, 0.1) is 5.56 Å². The van der Waals surface area contributed by atoms with E-state index in [1.54, 1.807) is 0 Å². The number of benzene rings is 1. The third-order valence-electron chi connectivity index (χ3n) is 2.01. The zero-order valence-electron chi connectivity index (χ0n) is 9.08. The molecule has 0 amide bonds. The van der Waals surface area contributed by atoms with Crippen molar-refractivity contribution in [3.8, 4) is 11.8 Å². The van der Waals surface area contributed by atoms with E-state index in [4.69, 9.17) is 27.9 Å². The molecule has 1 heterocycles. The lowest BCUT2D eigenvalue weighted by Gasteiger charge is -2.09. The lowest BCUT2D eigenvalue weighted by molar-refractivity contribution is -0.137. The molecule has 0 radical (unpaired) electrons. The molecule has 0 bridgehead atoms. The van der Waals surface area contributed by atoms with Crippen LogP contribution in [0, 0.1) is 0 Å². The smallest absolute Gasteiger partial charge is 0.416 e. The summed E-state index contributed by atoms with van der Waals surface area (Å²) >= 11 is 11.2. The highest BCUT2D eigenvalue weighted by molar-refractivity contribution is 6.33. The normalized spacial score (nSPS) is 11.4. The van der Waals surface area contributed by atoms with E-state index in [-0.39, 0.29) is 22.1 Å². The monoisotopic (exact) mass is 308 g/mol. The molecule has 0 aliphatic rings. The molecule has 8 heteroatoms. The topological polar surface area (TPSA) is 35.0 Å². The average molecular weight is 309 g/mol. The first-order valence-corrected chi connectivity index (χ1v) is 5.65. The fraction of sp³-hybridized carbons (Fsp3) is 0.0909. The van der Waals surface area contributed by atoms with Crippen molar-refractivity contribution in [2.75, 3.05) is 0 Å². The number of halogens is 5. The summed E-state index contributed by atoms with van der Waals surface area (Å²) in [5, 5.41) is 0.0592. The minimum Gasteiger partial charge on any atom is -0.424 e. The van der Waals surface area contributed by atoms with Gasteiger partial charge in [0.2, 0.25) is 0 Å².